The van der Waals surface area contributed by atoms with E-state index in [2.05, 4.69) is 59.2 Å². The molecule has 5 nitrogen and oxygen atoms in total. The zero-order valence-electron chi connectivity index (χ0n) is 15.9. The number of aromatic nitrogens is 2. The Morgan fingerprint density at radius 1 is 1.19 bits per heavy atom. The third kappa shape index (κ3) is 3.40. The molecule has 4 rings (SSSR count). The minimum absolute atomic E-state index is 0.329. The Morgan fingerprint density at radius 3 is 2.73 bits per heavy atom. The first kappa shape index (κ1) is 17.3. The maximum Gasteiger partial charge on any atom is 0.222 e. The smallest absolute Gasteiger partial charge is 0.222 e. The van der Waals surface area contributed by atoms with Gasteiger partial charge in [0, 0.05) is 31.6 Å². The van der Waals surface area contributed by atoms with E-state index in [0.717, 1.165) is 30.9 Å². The van der Waals surface area contributed by atoms with Gasteiger partial charge in [-0.3, -0.25) is 0 Å². The maximum absolute atomic E-state index is 6.13. The molecule has 26 heavy (non-hydrogen) atoms. The van der Waals surface area contributed by atoms with Crippen molar-refractivity contribution in [2.45, 2.75) is 31.6 Å². The monoisotopic (exact) mass is 351 g/mol. The fourth-order valence-corrected chi connectivity index (χ4v) is 4.63. The lowest BCUT2D eigenvalue weighted by atomic mass is 9.82. The highest BCUT2D eigenvalue weighted by Crippen LogP contribution is 2.39. The van der Waals surface area contributed by atoms with Crippen molar-refractivity contribution in [1.82, 2.24) is 14.9 Å². The molecular formula is C21H29N5. The Hall–Kier alpha value is -2.14. The van der Waals surface area contributed by atoms with Gasteiger partial charge in [-0.15, -0.1) is 0 Å². The van der Waals surface area contributed by atoms with Crippen LogP contribution in [0.2, 0.25) is 0 Å². The molecule has 1 saturated heterocycles. The second-order valence-electron chi connectivity index (χ2n) is 7.92. The van der Waals surface area contributed by atoms with Crippen LogP contribution in [0.25, 0.3) is 0 Å². The van der Waals surface area contributed by atoms with E-state index in [4.69, 9.17) is 10.7 Å². The molecule has 0 saturated carbocycles. The number of rotatable bonds is 4. The SMILES string of the molecule is CN1CCC(CN(C)c2nc(N)nc3c2CCCC3c2ccccc2)C1. The van der Waals surface area contributed by atoms with Crippen LogP contribution in [-0.4, -0.2) is 48.6 Å². The first-order chi connectivity index (χ1) is 12.6. The molecule has 1 fully saturated rings. The van der Waals surface area contributed by atoms with E-state index in [1.165, 1.54) is 37.1 Å². The number of fused-ring (bicyclic) bond motifs is 1. The van der Waals surface area contributed by atoms with Gasteiger partial charge in [0.1, 0.15) is 5.82 Å². The zero-order valence-corrected chi connectivity index (χ0v) is 15.9. The average Bonchev–Trinajstić information content (AvgIpc) is 3.06. The molecule has 2 aromatic rings. The Balaban J connectivity index is 1.65. The fraction of sp³-hybridized carbons (Fsp3) is 0.524. The largest absolute Gasteiger partial charge is 0.368 e. The van der Waals surface area contributed by atoms with Gasteiger partial charge in [-0.1, -0.05) is 30.3 Å². The molecule has 1 aliphatic carbocycles. The van der Waals surface area contributed by atoms with E-state index in [1.807, 2.05) is 0 Å². The second-order valence-corrected chi connectivity index (χ2v) is 7.92. The van der Waals surface area contributed by atoms with E-state index >= 15 is 0 Å². The number of hydrogen-bond donors (Lipinski definition) is 1. The molecule has 2 aliphatic rings. The molecular weight excluding hydrogens is 322 g/mol. The summed E-state index contributed by atoms with van der Waals surface area (Å²) in [5.74, 6) is 2.47. The van der Waals surface area contributed by atoms with Gasteiger partial charge >= 0.3 is 0 Å². The average molecular weight is 351 g/mol. The summed E-state index contributed by atoms with van der Waals surface area (Å²) >= 11 is 0. The number of likely N-dealkylation sites (tertiary alicyclic amines) is 1. The summed E-state index contributed by atoms with van der Waals surface area (Å²) in [6.07, 6.45) is 4.61. The van der Waals surface area contributed by atoms with Crippen LogP contribution in [0.5, 0.6) is 0 Å². The van der Waals surface area contributed by atoms with E-state index in [9.17, 15) is 0 Å². The number of nitrogen functional groups attached to an aromatic ring is 1. The summed E-state index contributed by atoms with van der Waals surface area (Å²) in [6.45, 7) is 3.39. The van der Waals surface area contributed by atoms with Crippen LogP contribution >= 0.6 is 0 Å². The molecule has 2 atom stereocenters. The molecule has 1 aromatic carbocycles. The van der Waals surface area contributed by atoms with Crippen molar-refractivity contribution in [2.75, 3.05) is 44.4 Å². The van der Waals surface area contributed by atoms with Gasteiger partial charge in [-0.25, -0.2) is 4.98 Å². The van der Waals surface area contributed by atoms with Crippen LogP contribution in [0.4, 0.5) is 11.8 Å². The molecule has 2 N–H and O–H groups in total. The summed E-state index contributed by atoms with van der Waals surface area (Å²) < 4.78 is 0. The summed E-state index contributed by atoms with van der Waals surface area (Å²) in [6, 6.07) is 10.7. The molecule has 5 heteroatoms. The highest BCUT2D eigenvalue weighted by molar-refractivity contribution is 5.54. The van der Waals surface area contributed by atoms with Crippen LogP contribution in [0.15, 0.2) is 30.3 Å². The predicted octanol–water partition coefficient (Wildman–Crippen LogP) is 2.91. The van der Waals surface area contributed by atoms with Gasteiger partial charge in [-0.05, 0) is 50.8 Å². The lowest BCUT2D eigenvalue weighted by Gasteiger charge is -2.30. The summed E-state index contributed by atoms with van der Waals surface area (Å²) in [5, 5.41) is 0. The maximum atomic E-state index is 6.13. The molecule has 0 radical (unpaired) electrons. The Morgan fingerprint density at radius 2 is 2.00 bits per heavy atom. The summed E-state index contributed by atoms with van der Waals surface area (Å²) in [5.41, 5.74) is 9.90. The normalized spacial score (nSPS) is 23.0. The van der Waals surface area contributed by atoms with Crippen LogP contribution in [0.1, 0.15) is 42.0 Å². The molecule has 0 bridgehead atoms. The first-order valence-electron chi connectivity index (χ1n) is 9.72. The summed E-state index contributed by atoms with van der Waals surface area (Å²) in [7, 11) is 4.36. The molecule has 2 unspecified atom stereocenters. The number of nitrogens with two attached hydrogens (primary N) is 1. The van der Waals surface area contributed by atoms with Gasteiger partial charge in [-0.2, -0.15) is 4.98 Å². The lowest BCUT2D eigenvalue weighted by Crippen LogP contribution is -2.30. The second kappa shape index (κ2) is 7.23. The highest BCUT2D eigenvalue weighted by Gasteiger charge is 2.29. The van der Waals surface area contributed by atoms with E-state index in [-0.39, 0.29) is 0 Å². The molecule has 138 valence electrons. The molecule has 2 heterocycles. The van der Waals surface area contributed by atoms with Crippen molar-refractivity contribution in [1.29, 1.82) is 0 Å². The van der Waals surface area contributed by atoms with Crippen LogP contribution in [0, 0.1) is 5.92 Å². The standard InChI is InChI=1S/C21H29N5/c1-25-12-11-15(13-25)14-26(2)20-18-10-6-9-17(16-7-4-3-5-8-16)19(18)23-21(22)24-20/h3-5,7-8,15,17H,6,9-14H2,1-2H3,(H2,22,23,24). The molecule has 1 aliphatic heterocycles. The minimum Gasteiger partial charge on any atom is -0.368 e. The van der Waals surface area contributed by atoms with Crippen LogP contribution < -0.4 is 10.6 Å². The van der Waals surface area contributed by atoms with Crippen molar-refractivity contribution in [3.63, 3.8) is 0 Å². The van der Waals surface area contributed by atoms with E-state index < -0.39 is 0 Å². The molecule has 1 aromatic heterocycles. The minimum atomic E-state index is 0.329. The van der Waals surface area contributed by atoms with Crippen molar-refractivity contribution < 1.29 is 0 Å². The van der Waals surface area contributed by atoms with E-state index in [0.29, 0.717) is 17.8 Å². The van der Waals surface area contributed by atoms with E-state index in [1.54, 1.807) is 0 Å². The number of hydrogen-bond acceptors (Lipinski definition) is 5. The summed E-state index contributed by atoms with van der Waals surface area (Å²) in [4.78, 5) is 14.1. The van der Waals surface area contributed by atoms with Gasteiger partial charge in [0.05, 0.1) is 5.69 Å². The van der Waals surface area contributed by atoms with Crippen molar-refractivity contribution >= 4 is 11.8 Å². The van der Waals surface area contributed by atoms with Gasteiger partial charge in [0.25, 0.3) is 0 Å². The molecule has 0 amide bonds. The highest BCUT2D eigenvalue weighted by atomic mass is 15.2. The van der Waals surface area contributed by atoms with Crippen LogP contribution in [0.3, 0.4) is 0 Å². The number of anilines is 2. The predicted molar refractivity (Wildman–Crippen MR) is 107 cm³/mol. The van der Waals surface area contributed by atoms with Gasteiger partial charge in [0.15, 0.2) is 0 Å². The Labute approximate surface area is 156 Å². The van der Waals surface area contributed by atoms with Crippen molar-refractivity contribution in [3.8, 4) is 0 Å². The fourth-order valence-electron chi connectivity index (χ4n) is 4.63. The van der Waals surface area contributed by atoms with Gasteiger partial charge in [0.2, 0.25) is 5.95 Å². The third-order valence-electron chi connectivity index (χ3n) is 5.87. The zero-order chi connectivity index (χ0) is 18.1. The molecule has 0 spiro atoms. The lowest BCUT2D eigenvalue weighted by molar-refractivity contribution is 0.395. The quantitative estimate of drug-likeness (QED) is 0.918. The van der Waals surface area contributed by atoms with Crippen molar-refractivity contribution in [2.24, 2.45) is 5.92 Å². The van der Waals surface area contributed by atoms with Crippen LogP contribution in [-0.2, 0) is 6.42 Å². The number of benzene rings is 1. The Kier molecular flexibility index (Phi) is 4.81. The van der Waals surface area contributed by atoms with Gasteiger partial charge < -0.3 is 15.5 Å². The Bertz CT molecular complexity index is 760. The third-order valence-corrected chi connectivity index (χ3v) is 5.87. The van der Waals surface area contributed by atoms with Crippen molar-refractivity contribution in [3.05, 3.63) is 47.2 Å². The topological polar surface area (TPSA) is 58.3 Å². The number of nitrogens with zero attached hydrogens (tertiary/aromatic N) is 4. The first-order valence-corrected chi connectivity index (χ1v) is 9.72.